The predicted octanol–water partition coefficient (Wildman–Crippen LogP) is 2.32. The maximum Gasteiger partial charge on any atom is 0.213 e. The van der Waals surface area contributed by atoms with Gasteiger partial charge in [-0.25, -0.2) is 4.98 Å². The maximum atomic E-state index is 5.27. The van der Waals surface area contributed by atoms with Crippen LogP contribution in [0.25, 0.3) is 0 Å². The molecule has 0 bridgehead atoms. The molecule has 0 fully saturated rings. The second-order valence-electron chi connectivity index (χ2n) is 3.69. The highest BCUT2D eigenvalue weighted by atomic mass is 16.5. The molecule has 0 aromatic carbocycles. The number of methoxy groups -OCH3 is 1. The minimum Gasteiger partial charge on any atom is -0.478 e. The van der Waals surface area contributed by atoms with Gasteiger partial charge in [0.2, 0.25) is 5.88 Å². The van der Waals surface area contributed by atoms with E-state index < -0.39 is 0 Å². The van der Waals surface area contributed by atoms with Crippen LogP contribution in [-0.4, -0.2) is 30.8 Å². The number of nitrogens with one attached hydrogen (secondary N) is 1. The van der Waals surface area contributed by atoms with Crippen molar-refractivity contribution in [3.05, 3.63) is 18.3 Å². The third kappa shape index (κ3) is 3.70. The van der Waals surface area contributed by atoms with Gasteiger partial charge in [0.15, 0.2) is 0 Å². The van der Waals surface area contributed by atoms with Crippen molar-refractivity contribution < 1.29 is 9.47 Å². The Hall–Kier alpha value is -1.29. The van der Waals surface area contributed by atoms with Crippen LogP contribution in [0.2, 0.25) is 0 Å². The van der Waals surface area contributed by atoms with Crippen LogP contribution in [0.15, 0.2) is 18.3 Å². The van der Waals surface area contributed by atoms with E-state index >= 15 is 0 Å². The normalized spacial score (nSPS) is 14.2. The lowest BCUT2D eigenvalue weighted by Crippen LogP contribution is -2.29. The van der Waals surface area contributed by atoms with Crippen LogP contribution in [-0.2, 0) is 4.74 Å². The van der Waals surface area contributed by atoms with Crippen LogP contribution < -0.4 is 10.1 Å². The van der Waals surface area contributed by atoms with Crippen molar-refractivity contribution in [2.24, 2.45) is 0 Å². The topological polar surface area (TPSA) is 43.4 Å². The predicted molar refractivity (Wildman–Crippen MR) is 65.0 cm³/mol. The molecule has 2 unspecified atom stereocenters. The van der Waals surface area contributed by atoms with E-state index in [4.69, 9.17) is 9.47 Å². The van der Waals surface area contributed by atoms with E-state index in [1.54, 1.807) is 13.3 Å². The highest BCUT2D eigenvalue weighted by Crippen LogP contribution is 2.13. The first-order valence-corrected chi connectivity index (χ1v) is 5.55. The monoisotopic (exact) mass is 224 g/mol. The van der Waals surface area contributed by atoms with Crippen LogP contribution in [0.4, 0.5) is 5.69 Å². The lowest BCUT2D eigenvalue weighted by Gasteiger charge is -2.20. The molecule has 16 heavy (non-hydrogen) atoms. The van der Waals surface area contributed by atoms with Gasteiger partial charge in [-0.2, -0.15) is 0 Å². The molecular weight excluding hydrogens is 204 g/mol. The van der Waals surface area contributed by atoms with Gasteiger partial charge < -0.3 is 14.8 Å². The van der Waals surface area contributed by atoms with Crippen LogP contribution in [0.5, 0.6) is 5.88 Å². The van der Waals surface area contributed by atoms with E-state index in [-0.39, 0.29) is 12.1 Å². The molecule has 0 spiro atoms. The van der Waals surface area contributed by atoms with Crippen molar-refractivity contribution in [3.8, 4) is 5.88 Å². The fourth-order valence-electron chi connectivity index (χ4n) is 1.28. The lowest BCUT2D eigenvalue weighted by atomic mass is 10.2. The highest BCUT2D eigenvalue weighted by Gasteiger charge is 2.10. The first kappa shape index (κ1) is 12.8. The van der Waals surface area contributed by atoms with Crippen molar-refractivity contribution in [1.82, 2.24) is 4.98 Å². The van der Waals surface area contributed by atoms with E-state index in [0.717, 1.165) is 5.69 Å². The molecule has 0 aliphatic rings. The summed E-state index contributed by atoms with van der Waals surface area (Å²) in [5.41, 5.74) is 0.972. The van der Waals surface area contributed by atoms with Gasteiger partial charge in [0, 0.05) is 19.2 Å². The van der Waals surface area contributed by atoms with Crippen LogP contribution in [0, 0.1) is 0 Å². The van der Waals surface area contributed by atoms with E-state index in [1.807, 2.05) is 26.0 Å². The Labute approximate surface area is 97.0 Å². The van der Waals surface area contributed by atoms with Crippen molar-refractivity contribution in [1.29, 1.82) is 0 Å². The third-order valence-corrected chi connectivity index (χ3v) is 2.50. The van der Waals surface area contributed by atoms with Gasteiger partial charge in [0.1, 0.15) is 0 Å². The molecule has 1 rings (SSSR count). The minimum atomic E-state index is 0.159. The van der Waals surface area contributed by atoms with Gasteiger partial charge in [-0.3, -0.25) is 0 Å². The van der Waals surface area contributed by atoms with Crippen molar-refractivity contribution in [2.75, 3.05) is 19.0 Å². The zero-order chi connectivity index (χ0) is 12.0. The summed E-state index contributed by atoms with van der Waals surface area (Å²) in [6.07, 6.45) is 1.93. The molecule has 2 atom stereocenters. The van der Waals surface area contributed by atoms with Crippen molar-refractivity contribution >= 4 is 5.69 Å². The molecule has 0 aliphatic heterocycles. The Balaban J connectivity index is 2.54. The number of rotatable bonds is 6. The first-order chi connectivity index (χ1) is 7.67. The lowest BCUT2D eigenvalue weighted by molar-refractivity contribution is 0.106. The van der Waals surface area contributed by atoms with E-state index in [2.05, 4.69) is 17.2 Å². The zero-order valence-electron chi connectivity index (χ0n) is 10.4. The summed E-state index contributed by atoms with van der Waals surface area (Å²) < 4.78 is 10.5. The molecule has 4 heteroatoms. The summed E-state index contributed by atoms with van der Waals surface area (Å²) in [4.78, 5) is 4.18. The molecule has 0 saturated heterocycles. The molecule has 90 valence electrons. The number of aromatic nitrogens is 1. The average molecular weight is 224 g/mol. The Kier molecular flexibility index (Phi) is 5.05. The fraction of sp³-hybridized carbons (Fsp3) is 0.583. The Morgan fingerprint density at radius 2 is 2.12 bits per heavy atom. The molecule has 0 saturated carbocycles. The van der Waals surface area contributed by atoms with Gasteiger partial charge in [0.25, 0.3) is 0 Å². The number of pyridine rings is 1. The quantitative estimate of drug-likeness (QED) is 0.805. The van der Waals surface area contributed by atoms with Gasteiger partial charge >= 0.3 is 0 Å². The molecule has 1 heterocycles. The molecule has 0 aliphatic carbocycles. The molecular formula is C12H20N2O2. The number of hydrogen-bond acceptors (Lipinski definition) is 4. The first-order valence-electron chi connectivity index (χ1n) is 5.55. The number of anilines is 1. The Morgan fingerprint density at radius 1 is 1.38 bits per heavy atom. The van der Waals surface area contributed by atoms with Gasteiger partial charge in [-0.15, -0.1) is 0 Å². The Morgan fingerprint density at radius 3 is 2.62 bits per heavy atom. The van der Waals surface area contributed by atoms with Crippen molar-refractivity contribution in [3.63, 3.8) is 0 Å². The number of nitrogens with zero attached hydrogens (tertiary/aromatic N) is 1. The standard InChI is InChI=1S/C12H20N2O2/c1-5-16-12-7-6-11(8-13-12)14-9(2)10(3)15-4/h6-10,14H,5H2,1-4H3. The molecule has 1 N–H and O–H groups in total. The summed E-state index contributed by atoms with van der Waals surface area (Å²) in [7, 11) is 1.71. The highest BCUT2D eigenvalue weighted by molar-refractivity contribution is 5.43. The Bertz CT molecular complexity index is 300. The van der Waals surface area contributed by atoms with Crippen LogP contribution in [0.1, 0.15) is 20.8 Å². The van der Waals surface area contributed by atoms with Crippen LogP contribution in [0.3, 0.4) is 0 Å². The zero-order valence-corrected chi connectivity index (χ0v) is 10.4. The maximum absolute atomic E-state index is 5.27. The summed E-state index contributed by atoms with van der Waals surface area (Å²) in [6.45, 7) is 6.68. The second-order valence-corrected chi connectivity index (χ2v) is 3.69. The number of hydrogen-bond donors (Lipinski definition) is 1. The summed E-state index contributed by atoms with van der Waals surface area (Å²) in [5.74, 6) is 0.653. The summed E-state index contributed by atoms with van der Waals surface area (Å²) in [5, 5.41) is 3.32. The van der Waals surface area contributed by atoms with Gasteiger partial charge in [-0.1, -0.05) is 0 Å². The SMILES string of the molecule is CCOc1ccc(NC(C)C(C)OC)cn1. The van der Waals surface area contributed by atoms with Crippen LogP contribution >= 0.6 is 0 Å². The smallest absolute Gasteiger partial charge is 0.213 e. The van der Waals surface area contributed by atoms with E-state index in [0.29, 0.717) is 12.5 Å². The molecule has 0 amide bonds. The fourth-order valence-corrected chi connectivity index (χ4v) is 1.28. The van der Waals surface area contributed by atoms with Crippen molar-refractivity contribution in [2.45, 2.75) is 32.9 Å². The molecule has 1 aromatic heterocycles. The van der Waals surface area contributed by atoms with E-state index in [9.17, 15) is 0 Å². The van der Waals surface area contributed by atoms with Gasteiger partial charge in [0.05, 0.1) is 24.6 Å². The minimum absolute atomic E-state index is 0.159. The molecule has 4 nitrogen and oxygen atoms in total. The van der Waals surface area contributed by atoms with E-state index in [1.165, 1.54) is 0 Å². The third-order valence-electron chi connectivity index (χ3n) is 2.50. The molecule has 1 aromatic rings. The van der Waals surface area contributed by atoms with Gasteiger partial charge in [-0.05, 0) is 26.8 Å². The average Bonchev–Trinajstić information content (AvgIpc) is 2.31. The summed E-state index contributed by atoms with van der Waals surface area (Å²) in [6, 6.07) is 4.05. The largest absolute Gasteiger partial charge is 0.478 e. The number of ether oxygens (including phenoxy) is 2. The molecule has 0 radical (unpaired) electrons. The summed E-state index contributed by atoms with van der Waals surface area (Å²) >= 11 is 0. The second kappa shape index (κ2) is 6.33.